The minimum atomic E-state index is -0.642. The molecule has 0 aliphatic heterocycles. The highest BCUT2D eigenvalue weighted by atomic mass is 35.5. The van der Waals surface area contributed by atoms with Crippen LogP contribution in [0.4, 0.5) is 11.4 Å². The number of halogens is 1. The van der Waals surface area contributed by atoms with E-state index in [1.807, 2.05) is 0 Å². The van der Waals surface area contributed by atoms with Crippen molar-refractivity contribution in [3.63, 3.8) is 0 Å². The molecule has 0 spiro atoms. The van der Waals surface area contributed by atoms with Gasteiger partial charge in [-0.3, -0.25) is 4.79 Å². The van der Waals surface area contributed by atoms with E-state index >= 15 is 0 Å². The molecule has 19 heavy (non-hydrogen) atoms. The molecule has 0 saturated heterocycles. The summed E-state index contributed by atoms with van der Waals surface area (Å²) >= 11 is 5.83. The molecule has 0 aliphatic carbocycles. The van der Waals surface area contributed by atoms with Crippen molar-refractivity contribution in [1.82, 2.24) is 0 Å². The maximum absolute atomic E-state index is 11.9. The molecule has 2 aromatic carbocycles. The first-order valence-electron chi connectivity index (χ1n) is 5.36. The van der Waals surface area contributed by atoms with Crippen molar-refractivity contribution in [2.75, 3.05) is 11.1 Å². The molecule has 6 heteroatoms. The van der Waals surface area contributed by atoms with Crippen LogP contribution in [-0.4, -0.2) is 16.1 Å². The predicted octanol–water partition coefficient (Wildman–Crippen LogP) is 2.59. The van der Waals surface area contributed by atoms with Gasteiger partial charge in [-0.1, -0.05) is 17.7 Å². The normalized spacial score (nSPS) is 10.2. The summed E-state index contributed by atoms with van der Waals surface area (Å²) < 4.78 is 0. The topological polar surface area (TPSA) is 95.6 Å². The van der Waals surface area contributed by atoms with Crippen LogP contribution in [-0.2, 0) is 0 Å². The second-order valence-corrected chi connectivity index (χ2v) is 4.27. The smallest absolute Gasteiger partial charge is 0.263 e. The third-order valence-corrected chi connectivity index (χ3v) is 2.83. The lowest BCUT2D eigenvalue weighted by Crippen LogP contribution is -2.12. The van der Waals surface area contributed by atoms with Crippen molar-refractivity contribution in [3.8, 4) is 11.5 Å². The van der Waals surface area contributed by atoms with Crippen molar-refractivity contribution < 1.29 is 15.0 Å². The average Bonchev–Trinajstić information content (AvgIpc) is 2.33. The Kier molecular flexibility index (Phi) is 3.48. The number of aromatic hydroxyl groups is 2. The fourth-order valence-corrected chi connectivity index (χ4v) is 1.74. The number of phenolic OH excluding ortho intramolecular Hbond substituents is 2. The summed E-state index contributed by atoms with van der Waals surface area (Å²) in [4.78, 5) is 11.9. The molecule has 0 fully saturated rings. The molecule has 1 amide bonds. The van der Waals surface area contributed by atoms with Crippen molar-refractivity contribution in [1.29, 1.82) is 0 Å². The summed E-state index contributed by atoms with van der Waals surface area (Å²) in [7, 11) is 0. The van der Waals surface area contributed by atoms with Gasteiger partial charge >= 0.3 is 0 Å². The number of rotatable bonds is 2. The molecule has 0 heterocycles. The number of hydrogen-bond donors (Lipinski definition) is 4. The minimum absolute atomic E-state index is 0.199. The van der Waals surface area contributed by atoms with Gasteiger partial charge in [-0.05, 0) is 30.3 Å². The Morgan fingerprint density at radius 3 is 2.37 bits per heavy atom. The van der Waals surface area contributed by atoms with E-state index < -0.39 is 5.91 Å². The van der Waals surface area contributed by atoms with Crippen LogP contribution in [0.5, 0.6) is 11.5 Å². The maximum atomic E-state index is 11.9. The van der Waals surface area contributed by atoms with Crippen molar-refractivity contribution in [3.05, 3.63) is 47.0 Å². The number of benzene rings is 2. The fraction of sp³-hybridized carbons (Fsp3) is 0. The molecule has 0 radical (unpaired) electrons. The highest BCUT2D eigenvalue weighted by molar-refractivity contribution is 6.33. The number of carbonyl (C=O) groups is 1. The highest BCUT2D eigenvalue weighted by Crippen LogP contribution is 2.28. The van der Waals surface area contributed by atoms with E-state index in [0.29, 0.717) is 16.4 Å². The molecule has 2 rings (SSSR count). The van der Waals surface area contributed by atoms with E-state index in [9.17, 15) is 15.0 Å². The maximum Gasteiger partial charge on any atom is 0.263 e. The Morgan fingerprint density at radius 1 is 1.16 bits per heavy atom. The molecule has 0 bridgehead atoms. The number of amides is 1. The van der Waals surface area contributed by atoms with Gasteiger partial charge in [-0.2, -0.15) is 0 Å². The number of anilines is 2. The quantitative estimate of drug-likeness (QED) is 0.635. The fourth-order valence-electron chi connectivity index (χ4n) is 1.56. The molecule has 0 saturated carbocycles. The van der Waals surface area contributed by atoms with Crippen molar-refractivity contribution >= 4 is 28.9 Å². The average molecular weight is 279 g/mol. The first-order chi connectivity index (χ1) is 8.99. The number of nitrogens with two attached hydrogens (primary N) is 1. The Labute approximate surface area is 114 Å². The monoisotopic (exact) mass is 278 g/mol. The first-order valence-corrected chi connectivity index (χ1v) is 5.74. The lowest BCUT2D eigenvalue weighted by molar-refractivity contribution is 0.102. The van der Waals surface area contributed by atoms with Gasteiger partial charge < -0.3 is 21.3 Å². The number of nitrogens with one attached hydrogen (secondary N) is 1. The predicted molar refractivity (Wildman–Crippen MR) is 73.6 cm³/mol. The summed E-state index contributed by atoms with van der Waals surface area (Å²) in [5, 5.41) is 22.0. The molecule has 5 N–H and O–H groups in total. The Hall–Kier alpha value is -2.40. The van der Waals surface area contributed by atoms with E-state index in [2.05, 4.69) is 5.32 Å². The molecule has 0 aromatic heterocycles. The molecule has 2 aromatic rings. The number of carbonyl (C=O) groups excluding carboxylic acids is 1. The van der Waals surface area contributed by atoms with E-state index in [4.69, 9.17) is 17.3 Å². The lowest BCUT2D eigenvalue weighted by atomic mass is 10.1. The molecule has 0 atom stereocenters. The van der Waals surface area contributed by atoms with Crippen LogP contribution in [0.15, 0.2) is 36.4 Å². The Balaban J connectivity index is 2.28. The first kappa shape index (κ1) is 13.0. The number of hydrogen-bond acceptors (Lipinski definition) is 4. The van der Waals surface area contributed by atoms with Crippen LogP contribution in [0.3, 0.4) is 0 Å². The molecule has 0 aliphatic rings. The van der Waals surface area contributed by atoms with Crippen molar-refractivity contribution in [2.24, 2.45) is 0 Å². The Bertz CT molecular complexity index is 624. The van der Waals surface area contributed by atoms with E-state index in [-0.39, 0.29) is 17.1 Å². The van der Waals surface area contributed by atoms with Crippen molar-refractivity contribution in [2.45, 2.75) is 0 Å². The zero-order valence-corrected chi connectivity index (χ0v) is 10.5. The molecule has 98 valence electrons. The lowest BCUT2D eigenvalue weighted by Gasteiger charge is -2.09. The third-order valence-electron chi connectivity index (χ3n) is 2.51. The van der Waals surface area contributed by atoms with E-state index in [0.717, 1.165) is 0 Å². The zero-order valence-electron chi connectivity index (χ0n) is 9.72. The van der Waals surface area contributed by atoms with Crippen LogP contribution >= 0.6 is 11.6 Å². The van der Waals surface area contributed by atoms with Gasteiger partial charge in [-0.25, -0.2) is 0 Å². The summed E-state index contributed by atoms with van der Waals surface area (Å²) in [5.74, 6) is -1.26. The minimum Gasteiger partial charge on any atom is -0.507 e. The standard InChI is InChI=1S/C13H11ClN2O3/c14-8-6-7(4-5-9(8)15)16-13(19)12-10(17)2-1-3-11(12)18/h1-6,17-18H,15H2,(H,16,19). The Morgan fingerprint density at radius 2 is 1.79 bits per heavy atom. The van der Waals surface area contributed by atoms with Crippen LogP contribution in [0, 0.1) is 0 Å². The van der Waals surface area contributed by atoms with E-state index in [1.165, 1.54) is 24.3 Å². The van der Waals surface area contributed by atoms with Gasteiger partial charge in [0.05, 0.1) is 10.7 Å². The molecular formula is C13H11ClN2O3. The highest BCUT2D eigenvalue weighted by Gasteiger charge is 2.16. The van der Waals surface area contributed by atoms with Crippen LogP contribution < -0.4 is 11.1 Å². The van der Waals surface area contributed by atoms with Gasteiger partial charge in [0.2, 0.25) is 0 Å². The summed E-state index contributed by atoms with van der Waals surface area (Å²) in [5.41, 5.74) is 6.16. The number of nitrogen functional groups attached to an aromatic ring is 1. The second-order valence-electron chi connectivity index (χ2n) is 3.86. The summed E-state index contributed by atoms with van der Waals surface area (Å²) in [6.07, 6.45) is 0. The van der Waals surface area contributed by atoms with Gasteiger partial charge in [0.1, 0.15) is 17.1 Å². The van der Waals surface area contributed by atoms with Gasteiger partial charge in [0.15, 0.2) is 0 Å². The van der Waals surface area contributed by atoms with Gasteiger partial charge in [0, 0.05) is 5.69 Å². The second kappa shape index (κ2) is 5.07. The van der Waals surface area contributed by atoms with Crippen LogP contribution in [0.1, 0.15) is 10.4 Å². The SMILES string of the molecule is Nc1ccc(NC(=O)c2c(O)cccc2O)cc1Cl. The summed E-state index contributed by atoms with van der Waals surface area (Å²) in [6.45, 7) is 0. The third kappa shape index (κ3) is 2.71. The summed E-state index contributed by atoms with van der Waals surface area (Å²) in [6, 6.07) is 8.64. The number of phenols is 2. The van der Waals surface area contributed by atoms with Gasteiger partial charge in [0.25, 0.3) is 5.91 Å². The van der Waals surface area contributed by atoms with E-state index in [1.54, 1.807) is 12.1 Å². The van der Waals surface area contributed by atoms with Gasteiger partial charge in [-0.15, -0.1) is 0 Å². The molecular weight excluding hydrogens is 268 g/mol. The van der Waals surface area contributed by atoms with Crippen LogP contribution in [0.2, 0.25) is 5.02 Å². The zero-order chi connectivity index (χ0) is 14.0. The largest absolute Gasteiger partial charge is 0.507 e. The van der Waals surface area contributed by atoms with Crippen LogP contribution in [0.25, 0.3) is 0 Å². The molecule has 0 unspecified atom stereocenters. The molecule has 5 nitrogen and oxygen atoms in total.